The van der Waals surface area contributed by atoms with Gasteiger partial charge in [-0.2, -0.15) is 4.98 Å². The second-order valence-corrected chi connectivity index (χ2v) is 7.56. The summed E-state index contributed by atoms with van der Waals surface area (Å²) >= 11 is 1.56. The molecule has 0 saturated carbocycles. The van der Waals surface area contributed by atoms with Crippen molar-refractivity contribution in [3.63, 3.8) is 0 Å². The van der Waals surface area contributed by atoms with E-state index in [9.17, 15) is 0 Å². The molecule has 0 aliphatic rings. The van der Waals surface area contributed by atoms with Crippen molar-refractivity contribution in [2.75, 3.05) is 0 Å². The highest BCUT2D eigenvalue weighted by molar-refractivity contribution is 8.93. The first kappa shape index (κ1) is 23.1. The van der Waals surface area contributed by atoms with E-state index in [1.54, 1.807) is 17.7 Å². The van der Waals surface area contributed by atoms with Crippen LogP contribution in [-0.4, -0.2) is 13.9 Å². The van der Waals surface area contributed by atoms with E-state index in [1.807, 2.05) is 36.5 Å². The second kappa shape index (κ2) is 10.6. The van der Waals surface area contributed by atoms with Gasteiger partial charge in [-0.25, -0.2) is 3.96 Å². The molecular formula is C24H20Br2N4S. The van der Waals surface area contributed by atoms with Crippen molar-refractivity contribution in [3.8, 4) is 17.1 Å². The van der Waals surface area contributed by atoms with Gasteiger partial charge in [0.2, 0.25) is 4.80 Å². The monoisotopic (exact) mass is 554 g/mol. The van der Waals surface area contributed by atoms with Crippen molar-refractivity contribution in [1.29, 1.82) is 0 Å². The van der Waals surface area contributed by atoms with Crippen LogP contribution in [-0.2, 0) is 6.54 Å². The lowest BCUT2D eigenvalue weighted by molar-refractivity contribution is 0.980. The number of benzene rings is 3. The fourth-order valence-electron chi connectivity index (χ4n) is 3.31. The van der Waals surface area contributed by atoms with Gasteiger partial charge < -0.3 is 0 Å². The molecule has 0 saturated heterocycles. The quantitative estimate of drug-likeness (QED) is 0.257. The number of halogens is 2. The highest BCUT2D eigenvalue weighted by atomic mass is 79.9. The molecule has 0 unspecified atom stereocenters. The summed E-state index contributed by atoms with van der Waals surface area (Å²) in [6.07, 6.45) is 3.61. The van der Waals surface area contributed by atoms with E-state index < -0.39 is 0 Å². The number of hydrogen-bond donors (Lipinski definition) is 0. The molecule has 5 aromatic rings. The largest absolute Gasteiger partial charge is 0.264 e. The Morgan fingerprint density at radius 3 is 2.39 bits per heavy atom. The van der Waals surface area contributed by atoms with Crippen LogP contribution in [0.25, 0.3) is 27.8 Å². The first-order valence-corrected chi connectivity index (χ1v) is 10.2. The molecule has 5 rings (SSSR count). The molecule has 3 aromatic carbocycles. The van der Waals surface area contributed by atoms with Crippen molar-refractivity contribution in [3.05, 3.63) is 108 Å². The zero-order chi connectivity index (χ0) is 19.5. The Morgan fingerprint density at radius 2 is 1.58 bits per heavy atom. The molecule has 0 amide bonds. The van der Waals surface area contributed by atoms with Crippen LogP contribution in [0.15, 0.2) is 102 Å². The van der Waals surface area contributed by atoms with E-state index in [0.29, 0.717) is 6.54 Å². The topological polar surface area (TPSA) is 43.1 Å². The van der Waals surface area contributed by atoms with Crippen molar-refractivity contribution in [2.24, 2.45) is 4.99 Å². The number of rotatable bonds is 4. The normalized spacial score (nSPS) is 11.0. The lowest BCUT2D eigenvalue weighted by atomic mass is 10.1. The molecular weight excluding hydrogens is 536 g/mol. The Hall–Kier alpha value is -2.61. The van der Waals surface area contributed by atoms with Crippen LogP contribution in [0.2, 0.25) is 0 Å². The van der Waals surface area contributed by atoms with Crippen LogP contribution < -0.4 is 4.80 Å². The Kier molecular flexibility index (Phi) is 7.90. The second-order valence-electron chi connectivity index (χ2n) is 6.65. The Morgan fingerprint density at radius 1 is 0.806 bits per heavy atom. The third-order valence-corrected chi connectivity index (χ3v) is 5.64. The Bertz CT molecular complexity index is 1330. The van der Waals surface area contributed by atoms with E-state index in [0.717, 1.165) is 27.4 Å². The SMILES string of the molecule is Br.Br.c1ccc(-c2n/c(=N/Cc3cccnc3)sn2-c2cccc3ccccc23)cc1. The molecule has 0 aliphatic heterocycles. The lowest BCUT2D eigenvalue weighted by Crippen LogP contribution is -1.99. The van der Waals surface area contributed by atoms with Gasteiger partial charge in [0.15, 0.2) is 5.82 Å². The minimum Gasteiger partial charge on any atom is -0.264 e. The van der Waals surface area contributed by atoms with Gasteiger partial charge in [0, 0.05) is 23.3 Å². The zero-order valence-corrected chi connectivity index (χ0v) is 20.7. The lowest BCUT2D eigenvalue weighted by Gasteiger charge is -2.09. The molecule has 2 heterocycles. The summed E-state index contributed by atoms with van der Waals surface area (Å²) in [5, 5.41) is 2.40. The summed E-state index contributed by atoms with van der Waals surface area (Å²) in [6, 6.07) is 29.0. The molecule has 0 N–H and O–H groups in total. The number of nitrogens with zero attached hydrogens (tertiary/aromatic N) is 4. The average molecular weight is 556 g/mol. The highest BCUT2D eigenvalue weighted by Crippen LogP contribution is 2.27. The molecule has 31 heavy (non-hydrogen) atoms. The molecule has 0 atom stereocenters. The number of aromatic nitrogens is 3. The van der Waals surface area contributed by atoms with Gasteiger partial charge in [-0.1, -0.05) is 72.8 Å². The minimum atomic E-state index is 0. The van der Waals surface area contributed by atoms with Crippen LogP contribution in [0, 0.1) is 0 Å². The molecule has 156 valence electrons. The molecule has 7 heteroatoms. The van der Waals surface area contributed by atoms with Gasteiger partial charge >= 0.3 is 0 Å². The van der Waals surface area contributed by atoms with Crippen LogP contribution >= 0.6 is 45.5 Å². The first-order chi connectivity index (χ1) is 14.4. The Labute approximate surface area is 205 Å². The van der Waals surface area contributed by atoms with Crippen LogP contribution in [0.3, 0.4) is 0 Å². The maximum Gasteiger partial charge on any atom is 0.223 e. The number of hydrogen-bond acceptors (Lipinski definition) is 4. The predicted molar refractivity (Wildman–Crippen MR) is 139 cm³/mol. The number of fused-ring (bicyclic) bond motifs is 1. The van der Waals surface area contributed by atoms with Gasteiger partial charge in [0.05, 0.1) is 12.2 Å². The molecule has 2 aromatic heterocycles. The summed E-state index contributed by atoms with van der Waals surface area (Å²) in [5.74, 6) is 0.900. The maximum atomic E-state index is 4.87. The van der Waals surface area contributed by atoms with E-state index >= 15 is 0 Å². The predicted octanol–water partition coefficient (Wildman–Crippen LogP) is 6.41. The standard InChI is InChI=1S/C24H18N4S.2BrH/c1-2-10-20(11-3-1)23-27-24(26-17-18-8-7-15-25-16-18)29-28(23)22-14-6-12-19-9-4-5-13-21(19)22;;/h1-16H,17H2;2*1H/b26-24-;;. The molecule has 0 fully saturated rings. The fraction of sp³-hybridized carbons (Fsp3) is 0.0417. The summed E-state index contributed by atoms with van der Waals surface area (Å²) in [6.45, 7) is 0.561. The van der Waals surface area contributed by atoms with Crippen LogP contribution in [0.5, 0.6) is 0 Å². The van der Waals surface area contributed by atoms with E-state index in [4.69, 9.17) is 9.98 Å². The van der Waals surface area contributed by atoms with Crippen molar-refractivity contribution >= 4 is 56.3 Å². The summed E-state index contributed by atoms with van der Waals surface area (Å²) < 4.78 is 2.18. The van der Waals surface area contributed by atoms with Gasteiger partial charge in [0.25, 0.3) is 0 Å². The maximum absolute atomic E-state index is 4.87. The third-order valence-electron chi connectivity index (χ3n) is 4.70. The summed E-state index contributed by atoms with van der Waals surface area (Å²) in [7, 11) is 0. The average Bonchev–Trinajstić information content (AvgIpc) is 3.23. The van der Waals surface area contributed by atoms with Gasteiger partial charge in [-0.15, -0.1) is 34.0 Å². The Balaban J connectivity index is 0.00000136. The van der Waals surface area contributed by atoms with E-state index in [1.165, 1.54) is 10.8 Å². The van der Waals surface area contributed by atoms with Crippen LogP contribution in [0.1, 0.15) is 5.56 Å². The molecule has 0 aliphatic carbocycles. The minimum absolute atomic E-state index is 0. The summed E-state index contributed by atoms with van der Waals surface area (Å²) in [4.78, 5) is 14.5. The number of pyridine rings is 1. The third kappa shape index (κ3) is 5.01. The van der Waals surface area contributed by atoms with Crippen LogP contribution in [0.4, 0.5) is 0 Å². The van der Waals surface area contributed by atoms with E-state index in [-0.39, 0.29) is 34.0 Å². The van der Waals surface area contributed by atoms with E-state index in [2.05, 4.69) is 63.5 Å². The smallest absolute Gasteiger partial charge is 0.223 e. The van der Waals surface area contributed by atoms with Crippen molar-refractivity contribution in [1.82, 2.24) is 13.9 Å². The van der Waals surface area contributed by atoms with Gasteiger partial charge in [-0.3, -0.25) is 9.98 Å². The van der Waals surface area contributed by atoms with Gasteiger partial charge in [0.1, 0.15) is 0 Å². The summed E-state index contributed by atoms with van der Waals surface area (Å²) in [5.41, 5.74) is 3.25. The molecule has 0 radical (unpaired) electrons. The zero-order valence-electron chi connectivity index (χ0n) is 16.5. The molecule has 0 spiro atoms. The molecule has 4 nitrogen and oxygen atoms in total. The molecule has 0 bridgehead atoms. The first-order valence-electron chi connectivity index (χ1n) is 9.42. The van der Waals surface area contributed by atoms with Crippen molar-refractivity contribution < 1.29 is 0 Å². The highest BCUT2D eigenvalue weighted by Gasteiger charge is 2.13. The fourth-order valence-corrected chi connectivity index (χ4v) is 4.22. The van der Waals surface area contributed by atoms with Gasteiger partial charge in [-0.05, 0) is 34.6 Å². The van der Waals surface area contributed by atoms with Crippen molar-refractivity contribution in [2.45, 2.75) is 6.54 Å².